The minimum absolute atomic E-state index is 0.0275. The molecule has 0 heterocycles. The van der Waals surface area contributed by atoms with Gasteiger partial charge in [0.2, 0.25) is 0 Å². The molecule has 0 N–H and O–H groups in total. The quantitative estimate of drug-likeness (QED) is 0.619. The highest BCUT2D eigenvalue weighted by atomic mass is 32.2. The van der Waals surface area contributed by atoms with E-state index in [-0.39, 0.29) is 23.9 Å². The van der Waals surface area contributed by atoms with Crippen LogP contribution in [0.1, 0.15) is 31.2 Å². The van der Waals surface area contributed by atoms with Crippen molar-refractivity contribution in [3.63, 3.8) is 0 Å². The van der Waals surface area contributed by atoms with Gasteiger partial charge in [-0.15, -0.1) is 11.8 Å². The van der Waals surface area contributed by atoms with Gasteiger partial charge in [0.05, 0.1) is 12.0 Å². The van der Waals surface area contributed by atoms with E-state index in [1.165, 1.54) is 17.8 Å². The number of thioether (sulfide) groups is 1. The standard InChI is InChI=1S/C15H15F3O2S/c16-15(17,18)11-2-1-3-14(8-11)21-5-4-10-6-12(19)9-13(20)7-10/h1-3,8,10H,4-7,9H2. The smallest absolute Gasteiger partial charge is 0.299 e. The molecule has 0 amide bonds. The minimum atomic E-state index is -4.33. The second-order valence-corrected chi connectivity index (χ2v) is 6.36. The SMILES string of the molecule is O=C1CC(=O)CC(CCSc2cccc(C(F)(F)F)c2)C1. The van der Waals surface area contributed by atoms with Crippen LogP contribution in [0.2, 0.25) is 0 Å². The fourth-order valence-electron chi connectivity index (χ4n) is 2.39. The first-order valence-electron chi connectivity index (χ1n) is 6.68. The van der Waals surface area contributed by atoms with Crippen molar-refractivity contribution in [2.24, 2.45) is 5.92 Å². The monoisotopic (exact) mass is 316 g/mol. The average Bonchev–Trinajstić information content (AvgIpc) is 2.37. The van der Waals surface area contributed by atoms with E-state index in [4.69, 9.17) is 0 Å². The van der Waals surface area contributed by atoms with E-state index >= 15 is 0 Å². The maximum Gasteiger partial charge on any atom is 0.416 e. The highest BCUT2D eigenvalue weighted by Gasteiger charge is 2.30. The molecule has 0 atom stereocenters. The molecule has 6 heteroatoms. The third kappa shape index (κ3) is 4.88. The van der Waals surface area contributed by atoms with E-state index in [9.17, 15) is 22.8 Å². The number of carbonyl (C=O) groups excluding carboxylic acids is 2. The molecule has 0 spiro atoms. The first-order chi connectivity index (χ1) is 9.84. The van der Waals surface area contributed by atoms with Gasteiger partial charge in [0, 0.05) is 17.7 Å². The Kier molecular flexibility index (Phi) is 5.08. The van der Waals surface area contributed by atoms with Gasteiger partial charge in [-0.05, 0) is 36.3 Å². The molecule has 1 aromatic rings. The molecular formula is C15H15F3O2S. The van der Waals surface area contributed by atoms with Crippen molar-refractivity contribution < 1.29 is 22.8 Å². The van der Waals surface area contributed by atoms with E-state index < -0.39 is 11.7 Å². The minimum Gasteiger partial charge on any atom is -0.299 e. The number of Topliss-reactive ketones (excluding diaryl/α,β-unsaturated/α-hetero) is 2. The average molecular weight is 316 g/mol. The molecule has 1 aliphatic rings. The van der Waals surface area contributed by atoms with Gasteiger partial charge < -0.3 is 0 Å². The number of benzene rings is 1. The Morgan fingerprint density at radius 1 is 1.14 bits per heavy atom. The summed E-state index contributed by atoms with van der Waals surface area (Å²) in [5, 5.41) is 0. The number of halogens is 3. The Labute approximate surface area is 125 Å². The van der Waals surface area contributed by atoms with Crippen molar-refractivity contribution in [2.45, 2.75) is 36.8 Å². The molecule has 1 fully saturated rings. The Hall–Kier alpha value is -1.30. The summed E-state index contributed by atoms with van der Waals surface area (Å²) >= 11 is 1.32. The molecule has 0 radical (unpaired) electrons. The summed E-state index contributed by atoms with van der Waals surface area (Å²) < 4.78 is 37.7. The third-order valence-corrected chi connectivity index (χ3v) is 4.41. The summed E-state index contributed by atoms with van der Waals surface area (Å²) in [7, 11) is 0. The number of carbonyl (C=O) groups is 2. The maximum absolute atomic E-state index is 12.6. The molecule has 114 valence electrons. The van der Waals surface area contributed by atoms with Crippen LogP contribution in [0.25, 0.3) is 0 Å². The van der Waals surface area contributed by atoms with Gasteiger partial charge in [-0.25, -0.2) is 0 Å². The summed E-state index contributed by atoms with van der Waals surface area (Å²) in [6.45, 7) is 0. The Morgan fingerprint density at radius 2 is 1.81 bits per heavy atom. The van der Waals surface area contributed by atoms with Gasteiger partial charge in [0.25, 0.3) is 0 Å². The molecule has 0 unspecified atom stereocenters. The first-order valence-corrected chi connectivity index (χ1v) is 7.66. The van der Waals surface area contributed by atoms with Gasteiger partial charge >= 0.3 is 6.18 Å². The predicted octanol–water partition coefficient (Wildman–Crippen LogP) is 4.13. The largest absolute Gasteiger partial charge is 0.416 e. The van der Waals surface area contributed by atoms with Gasteiger partial charge in [0.1, 0.15) is 11.6 Å². The zero-order valence-electron chi connectivity index (χ0n) is 11.3. The highest BCUT2D eigenvalue weighted by Crippen LogP contribution is 2.32. The van der Waals surface area contributed by atoms with Crippen molar-refractivity contribution in [3.8, 4) is 0 Å². The van der Waals surface area contributed by atoms with Crippen LogP contribution in [0.3, 0.4) is 0 Å². The van der Waals surface area contributed by atoms with Crippen LogP contribution < -0.4 is 0 Å². The van der Waals surface area contributed by atoms with E-state index in [1.54, 1.807) is 6.07 Å². The Balaban J connectivity index is 1.86. The maximum atomic E-state index is 12.6. The molecule has 2 rings (SSSR count). The number of rotatable bonds is 4. The summed E-state index contributed by atoms with van der Waals surface area (Å²) in [4.78, 5) is 23.2. The van der Waals surface area contributed by atoms with Gasteiger partial charge in [-0.2, -0.15) is 13.2 Å². The fourth-order valence-corrected chi connectivity index (χ4v) is 3.46. The van der Waals surface area contributed by atoms with Crippen molar-refractivity contribution in [1.82, 2.24) is 0 Å². The van der Waals surface area contributed by atoms with Crippen molar-refractivity contribution in [2.75, 3.05) is 5.75 Å². The van der Waals surface area contributed by atoms with Crippen molar-refractivity contribution in [1.29, 1.82) is 0 Å². The summed E-state index contributed by atoms with van der Waals surface area (Å²) in [5.74, 6) is 0.588. The molecule has 2 nitrogen and oxygen atoms in total. The molecule has 1 aliphatic carbocycles. The number of alkyl halides is 3. The van der Waals surface area contributed by atoms with Gasteiger partial charge in [0.15, 0.2) is 0 Å². The molecule has 0 aliphatic heterocycles. The Bertz CT molecular complexity index is 524. The van der Waals surface area contributed by atoms with Crippen LogP contribution in [-0.4, -0.2) is 17.3 Å². The second kappa shape index (κ2) is 6.64. The lowest BCUT2D eigenvalue weighted by Crippen LogP contribution is -2.22. The lowest BCUT2D eigenvalue weighted by Gasteiger charge is -2.19. The second-order valence-electron chi connectivity index (χ2n) is 5.19. The number of hydrogen-bond donors (Lipinski definition) is 0. The van der Waals surface area contributed by atoms with Crippen LogP contribution in [0.5, 0.6) is 0 Å². The normalized spacial score (nSPS) is 17.3. The van der Waals surface area contributed by atoms with E-state index in [1.807, 2.05) is 0 Å². The highest BCUT2D eigenvalue weighted by molar-refractivity contribution is 7.99. The summed E-state index contributed by atoms with van der Waals surface area (Å²) in [6.07, 6.45) is -2.81. The molecule has 1 saturated carbocycles. The van der Waals surface area contributed by atoms with Crippen LogP contribution >= 0.6 is 11.8 Å². The number of hydrogen-bond acceptors (Lipinski definition) is 3. The molecular weight excluding hydrogens is 301 g/mol. The summed E-state index contributed by atoms with van der Waals surface area (Å²) in [6, 6.07) is 5.19. The van der Waals surface area contributed by atoms with Crippen LogP contribution in [-0.2, 0) is 15.8 Å². The molecule has 0 saturated heterocycles. The molecule has 0 bridgehead atoms. The van der Waals surface area contributed by atoms with Crippen LogP contribution in [0.4, 0.5) is 13.2 Å². The van der Waals surface area contributed by atoms with E-state index in [0.29, 0.717) is 29.9 Å². The number of ketones is 2. The van der Waals surface area contributed by atoms with Crippen LogP contribution in [0, 0.1) is 5.92 Å². The molecule has 1 aromatic carbocycles. The zero-order chi connectivity index (χ0) is 15.5. The topological polar surface area (TPSA) is 34.1 Å². The van der Waals surface area contributed by atoms with Crippen LogP contribution in [0.15, 0.2) is 29.2 Å². The lowest BCUT2D eigenvalue weighted by atomic mass is 9.86. The van der Waals surface area contributed by atoms with E-state index in [2.05, 4.69) is 0 Å². The lowest BCUT2D eigenvalue weighted by molar-refractivity contribution is -0.137. The van der Waals surface area contributed by atoms with Crippen molar-refractivity contribution in [3.05, 3.63) is 29.8 Å². The summed E-state index contributed by atoms with van der Waals surface area (Å²) in [5.41, 5.74) is -0.657. The molecule has 21 heavy (non-hydrogen) atoms. The predicted molar refractivity (Wildman–Crippen MR) is 74.1 cm³/mol. The third-order valence-electron chi connectivity index (χ3n) is 3.38. The Morgan fingerprint density at radius 3 is 2.43 bits per heavy atom. The van der Waals surface area contributed by atoms with Crippen molar-refractivity contribution >= 4 is 23.3 Å². The van der Waals surface area contributed by atoms with E-state index in [0.717, 1.165) is 12.1 Å². The van der Waals surface area contributed by atoms with Gasteiger partial charge in [-0.3, -0.25) is 9.59 Å². The molecule has 0 aromatic heterocycles. The van der Waals surface area contributed by atoms with Gasteiger partial charge in [-0.1, -0.05) is 6.07 Å². The fraction of sp³-hybridized carbons (Fsp3) is 0.467. The zero-order valence-corrected chi connectivity index (χ0v) is 12.1. The first kappa shape index (κ1) is 16.1.